The molecule has 1 aliphatic carbocycles. The quantitative estimate of drug-likeness (QED) is 0.511. The number of carboxylic acids is 1. The van der Waals surface area contributed by atoms with E-state index in [1.165, 1.54) is 0 Å². The van der Waals surface area contributed by atoms with Gasteiger partial charge in [0, 0.05) is 5.41 Å². The average Bonchev–Trinajstić information content (AvgIpc) is 2.68. The van der Waals surface area contributed by atoms with Crippen molar-refractivity contribution in [3.63, 3.8) is 0 Å². The van der Waals surface area contributed by atoms with Gasteiger partial charge in [0.05, 0.1) is 5.71 Å². The molecule has 0 aromatic carbocycles. The number of hydrogen-bond acceptors (Lipinski definition) is 3. The zero-order valence-corrected chi connectivity index (χ0v) is 7.33. The fourth-order valence-electron chi connectivity index (χ4n) is 0.844. The zero-order chi connectivity index (χ0) is 9.19. The molecule has 0 aromatic heterocycles. The van der Waals surface area contributed by atoms with Gasteiger partial charge in [-0.2, -0.15) is 0 Å². The molecule has 0 atom stereocenters. The predicted molar refractivity (Wildman–Crippen MR) is 44.0 cm³/mol. The van der Waals surface area contributed by atoms with Crippen LogP contribution in [0.1, 0.15) is 26.7 Å². The predicted octanol–water partition coefficient (Wildman–Crippen LogP) is 1.26. The van der Waals surface area contributed by atoms with E-state index in [2.05, 4.69) is 16.9 Å². The van der Waals surface area contributed by atoms with Crippen molar-refractivity contribution < 1.29 is 14.7 Å². The summed E-state index contributed by atoms with van der Waals surface area (Å²) in [4.78, 5) is 14.7. The maximum absolute atomic E-state index is 10.1. The topological polar surface area (TPSA) is 58.9 Å². The van der Waals surface area contributed by atoms with Gasteiger partial charge in [-0.25, -0.2) is 4.79 Å². The minimum atomic E-state index is -0.993. The van der Waals surface area contributed by atoms with Crippen molar-refractivity contribution >= 4 is 11.7 Å². The fourth-order valence-corrected chi connectivity index (χ4v) is 0.844. The van der Waals surface area contributed by atoms with Crippen LogP contribution < -0.4 is 0 Å². The molecule has 0 amide bonds. The first-order valence-electron chi connectivity index (χ1n) is 3.93. The van der Waals surface area contributed by atoms with Crippen LogP contribution >= 0.6 is 0 Å². The summed E-state index contributed by atoms with van der Waals surface area (Å²) >= 11 is 0. The van der Waals surface area contributed by atoms with Gasteiger partial charge in [0.15, 0.2) is 0 Å². The van der Waals surface area contributed by atoms with Crippen molar-refractivity contribution in [1.29, 1.82) is 0 Å². The van der Waals surface area contributed by atoms with Crippen molar-refractivity contribution in [1.82, 2.24) is 0 Å². The molecule has 0 aromatic rings. The second-order valence-corrected chi connectivity index (χ2v) is 3.40. The van der Waals surface area contributed by atoms with Crippen molar-refractivity contribution in [2.75, 3.05) is 6.61 Å². The van der Waals surface area contributed by atoms with Crippen LogP contribution in [0.3, 0.4) is 0 Å². The molecule has 1 fully saturated rings. The minimum absolute atomic E-state index is 0.179. The van der Waals surface area contributed by atoms with Crippen LogP contribution in [-0.2, 0) is 9.63 Å². The van der Waals surface area contributed by atoms with Crippen LogP contribution in [0.15, 0.2) is 5.16 Å². The molecule has 0 bridgehead atoms. The Morgan fingerprint density at radius 2 is 2.25 bits per heavy atom. The summed E-state index contributed by atoms with van der Waals surface area (Å²) in [5.74, 6) is -0.993. The van der Waals surface area contributed by atoms with E-state index in [0.29, 0.717) is 0 Å². The van der Waals surface area contributed by atoms with E-state index in [1.807, 2.05) is 6.92 Å². The largest absolute Gasteiger partial charge is 0.479 e. The molecular weight excluding hydrogens is 158 g/mol. The molecule has 4 heteroatoms. The Morgan fingerprint density at radius 3 is 2.67 bits per heavy atom. The molecule has 12 heavy (non-hydrogen) atoms. The Morgan fingerprint density at radius 1 is 1.67 bits per heavy atom. The lowest BCUT2D eigenvalue weighted by atomic mass is 10.1. The molecular formula is C8H13NO3. The molecule has 1 aliphatic rings. The highest BCUT2D eigenvalue weighted by molar-refractivity contribution is 5.89. The molecule has 0 radical (unpaired) electrons. The lowest BCUT2D eigenvalue weighted by molar-refractivity contribution is -0.142. The third kappa shape index (κ3) is 2.22. The third-order valence-electron chi connectivity index (χ3n) is 2.26. The highest BCUT2D eigenvalue weighted by Gasteiger charge is 2.40. The lowest BCUT2D eigenvalue weighted by Crippen LogP contribution is -2.10. The van der Waals surface area contributed by atoms with Crippen LogP contribution in [-0.4, -0.2) is 23.4 Å². The van der Waals surface area contributed by atoms with Crippen LogP contribution in [0.2, 0.25) is 0 Å². The van der Waals surface area contributed by atoms with Crippen LogP contribution in [0.4, 0.5) is 0 Å². The average molecular weight is 171 g/mol. The van der Waals surface area contributed by atoms with Crippen molar-refractivity contribution in [3.05, 3.63) is 0 Å². The van der Waals surface area contributed by atoms with E-state index >= 15 is 0 Å². The zero-order valence-electron chi connectivity index (χ0n) is 7.33. The summed E-state index contributed by atoms with van der Waals surface area (Å²) in [6.45, 7) is 3.61. The van der Waals surface area contributed by atoms with E-state index < -0.39 is 5.97 Å². The van der Waals surface area contributed by atoms with E-state index in [0.717, 1.165) is 18.6 Å². The van der Waals surface area contributed by atoms with Crippen molar-refractivity contribution in [2.24, 2.45) is 10.6 Å². The first-order chi connectivity index (χ1) is 5.54. The Kier molecular flexibility index (Phi) is 2.35. The molecule has 1 N–H and O–H groups in total. The summed E-state index contributed by atoms with van der Waals surface area (Å²) in [6, 6.07) is 0. The van der Waals surface area contributed by atoms with Gasteiger partial charge < -0.3 is 9.94 Å². The van der Waals surface area contributed by atoms with Crippen LogP contribution in [0.5, 0.6) is 0 Å². The molecule has 68 valence electrons. The molecule has 1 rings (SSSR count). The Labute approximate surface area is 71.2 Å². The molecule has 0 saturated heterocycles. The van der Waals surface area contributed by atoms with Crippen LogP contribution in [0, 0.1) is 5.41 Å². The number of carboxylic acid groups (broad SMARTS) is 1. The summed E-state index contributed by atoms with van der Waals surface area (Å²) in [5.41, 5.74) is 1.07. The third-order valence-corrected chi connectivity index (χ3v) is 2.26. The Hall–Kier alpha value is -1.06. The monoisotopic (exact) mass is 171 g/mol. The highest BCUT2D eigenvalue weighted by Crippen LogP contribution is 2.46. The summed E-state index contributed by atoms with van der Waals surface area (Å²) in [6.07, 6.45) is 2.25. The molecule has 0 spiro atoms. The molecule has 4 nitrogen and oxygen atoms in total. The van der Waals surface area contributed by atoms with Gasteiger partial charge in [-0.1, -0.05) is 12.1 Å². The van der Waals surface area contributed by atoms with E-state index in [-0.39, 0.29) is 12.0 Å². The second kappa shape index (κ2) is 3.13. The smallest absolute Gasteiger partial charge is 0.344 e. The Bertz CT molecular complexity index is 218. The molecule has 0 aliphatic heterocycles. The number of rotatable bonds is 4. The Balaban J connectivity index is 2.31. The maximum atomic E-state index is 10.1. The summed E-state index contributed by atoms with van der Waals surface area (Å²) in [5, 5.41) is 12.0. The number of aliphatic carboxylic acids is 1. The first kappa shape index (κ1) is 9.03. The second-order valence-electron chi connectivity index (χ2n) is 3.40. The van der Waals surface area contributed by atoms with E-state index in [1.54, 1.807) is 0 Å². The highest BCUT2D eigenvalue weighted by atomic mass is 16.6. The molecule has 0 unspecified atom stereocenters. The maximum Gasteiger partial charge on any atom is 0.344 e. The fraction of sp³-hybridized carbons (Fsp3) is 0.750. The van der Waals surface area contributed by atoms with Gasteiger partial charge in [-0.15, -0.1) is 0 Å². The van der Waals surface area contributed by atoms with Gasteiger partial charge >= 0.3 is 5.97 Å². The summed E-state index contributed by atoms with van der Waals surface area (Å²) < 4.78 is 0. The molecule has 1 saturated carbocycles. The van der Waals surface area contributed by atoms with Crippen LogP contribution in [0.25, 0.3) is 0 Å². The summed E-state index contributed by atoms with van der Waals surface area (Å²) in [7, 11) is 0. The number of nitrogens with zero attached hydrogens (tertiary/aromatic N) is 1. The van der Waals surface area contributed by atoms with Crippen molar-refractivity contribution in [2.45, 2.75) is 26.7 Å². The standard InChI is InChI=1S/C8H13NO3/c1-6(8(2)3-4-8)9-12-5-7(10)11/h3-5H2,1-2H3,(H,10,11). The van der Waals surface area contributed by atoms with Gasteiger partial charge in [-0.3, -0.25) is 0 Å². The molecule has 0 heterocycles. The van der Waals surface area contributed by atoms with Crippen molar-refractivity contribution in [3.8, 4) is 0 Å². The minimum Gasteiger partial charge on any atom is -0.479 e. The number of hydrogen-bond donors (Lipinski definition) is 1. The van der Waals surface area contributed by atoms with Gasteiger partial charge in [-0.05, 0) is 19.8 Å². The van der Waals surface area contributed by atoms with Gasteiger partial charge in [0.2, 0.25) is 6.61 Å². The lowest BCUT2D eigenvalue weighted by Gasteiger charge is -2.05. The van der Waals surface area contributed by atoms with E-state index in [4.69, 9.17) is 5.11 Å². The van der Waals surface area contributed by atoms with E-state index in [9.17, 15) is 4.79 Å². The SMILES string of the molecule is CC(=NOCC(=O)O)C1(C)CC1. The number of carbonyl (C=O) groups is 1. The number of oxime groups is 1. The van der Waals surface area contributed by atoms with Gasteiger partial charge in [0.25, 0.3) is 0 Å². The van der Waals surface area contributed by atoms with Gasteiger partial charge in [0.1, 0.15) is 0 Å². The normalized spacial score (nSPS) is 20.3. The first-order valence-corrected chi connectivity index (χ1v) is 3.93.